The van der Waals surface area contributed by atoms with Crippen molar-refractivity contribution in [3.63, 3.8) is 0 Å². The third kappa shape index (κ3) is 34.5. The van der Waals surface area contributed by atoms with E-state index in [2.05, 4.69) is 197 Å². The molecule has 9 aliphatic rings. The van der Waals surface area contributed by atoms with Crippen molar-refractivity contribution in [2.24, 2.45) is 23.2 Å². The Kier molecular flexibility index (Phi) is 42.4. The molecular weight excluding hydrogens is 1420 g/mol. The Hall–Kier alpha value is -3.98. The van der Waals surface area contributed by atoms with E-state index in [0.29, 0.717) is 126 Å². The monoisotopic (exact) mass is 1590 g/mol. The van der Waals surface area contributed by atoms with Crippen molar-refractivity contribution in [1.29, 1.82) is 0 Å². The second kappa shape index (κ2) is 48.2. The van der Waals surface area contributed by atoms with Crippen LogP contribution in [0.2, 0.25) is 0 Å². The van der Waals surface area contributed by atoms with Crippen molar-refractivity contribution in [3.8, 4) is 0 Å². The van der Waals surface area contributed by atoms with Crippen LogP contribution in [-0.4, -0.2) is 268 Å². The number of carbonyl (C=O) groups excluding carboxylic acids is 1. The molecule has 12 rings (SSSR count). The summed E-state index contributed by atoms with van der Waals surface area (Å²) in [7, 11) is 0. The Morgan fingerprint density at radius 1 is 0.679 bits per heavy atom. The van der Waals surface area contributed by atoms with Gasteiger partial charge in [0.15, 0.2) is 17.8 Å². The van der Waals surface area contributed by atoms with E-state index in [1.807, 2.05) is 46.4 Å². The molecule has 8 heterocycles. The smallest absolute Gasteiger partial charge is 0.259 e. The van der Waals surface area contributed by atoms with Crippen molar-refractivity contribution in [3.05, 3.63) is 54.2 Å². The SMILES string of the molecule is C=C1NCC(NC(C)C)C12CC2.CC(C)NC(C)(C)COC(C)F.CC(C)NC1(C)CCN(C(=O)c2cnn3cccnc23)CC1.CC(C)NC1CC(O)C(C)C1O.CC(C)NC1CC[C@@H](O)[C@@H](C)CC1.CC(C)NC1COCC1N1CCOCC1.CC(C)NC1COCCOC1.Cc1nc(C(C)(NC(C)C)C2CC2)no1. The molecule has 10 unspecified atom stereocenters. The molecule has 3 aromatic rings. The number of aryl methyl sites for hydroxylation is 1. The van der Waals surface area contributed by atoms with Crippen LogP contribution in [0.5, 0.6) is 0 Å². The molecule has 27 heteroatoms. The fourth-order valence-electron chi connectivity index (χ4n) is 16.2. The number of aliphatic hydroxyl groups excluding tert-OH is 3. The first-order valence-corrected chi connectivity index (χ1v) is 43.0. The van der Waals surface area contributed by atoms with E-state index in [9.17, 15) is 24.5 Å². The van der Waals surface area contributed by atoms with Gasteiger partial charge in [0.05, 0.1) is 102 Å². The molecular formula is C85H161FN16O10. The van der Waals surface area contributed by atoms with E-state index in [1.165, 1.54) is 44.7 Å². The largest absolute Gasteiger partial charge is 0.393 e. The molecule has 1 amide bonds. The van der Waals surface area contributed by atoms with Gasteiger partial charge in [0.25, 0.3) is 5.91 Å². The van der Waals surface area contributed by atoms with Crippen LogP contribution in [0.4, 0.5) is 4.39 Å². The number of amides is 1. The van der Waals surface area contributed by atoms with E-state index >= 15 is 0 Å². The van der Waals surface area contributed by atoms with Crippen LogP contribution in [0.1, 0.15) is 252 Å². The number of carbonyl (C=O) groups is 1. The molecule has 9 fully saturated rings. The highest BCUT2D eigenvalue weighted by molar-refractivity contribution is 5.99. The molecule has 4 saturated carbocycles. The molecule has 648 valence electrons. The molecule has 112 heavy (non-hydrogen) atoms. The highest BCUT2D eigenvalue weighted by Crippen LogP contribution is 2.55. The number of morpholine rings is 1. The van der Waals surface area contributed by atoms with E-state index in [-0.39, 0.29) is 46.7 Å². The summed E-state index contributed by atoms with van der Waals surface area (Å²) < 4.78 is 45.5. The van der Waals surface area contributed by atoms with Crippen LogP contribution in [0, 0.1) is 30.1 Å². The van der Waals surface area contributed by atoms with Crippen LogP contribution in [0.15, 0.2) is 41.5 Å². The van der Waals surface area contributed by atoms with Crippen molar-refractivity contribution in [2.75, 3.05) is 92.2 Å². The molecule has 0 aromatic carbocycles. The number of ether oxygens (including phenoxy) is 5. The van der Waals surface area contributed by atoms with Gasteiger partial charge in [-0.2, -0.15) is 10.1 Å². The number of likely N-dealkylation sites (tertiary alicyclic amines) is 1. The number of halogens is 1. The normalized spacial score (nSPS) is 26.8. The van der Waals surface area contributed by atoms with E-state index in [1.54, 1.807) is 29.2 Å². The number of rotatable bonds is 23. The summed E-state index contributed by atoms with van der Waals surface area (Å²) in [5, 5.41) is 68.2. The Bertz CT molecular complexity index is 3040. The number of fused-ring (bicyclic) bond motifs is 1. The van der Waals surface area contributed by atoms with Gasteiger partial charge in [-0.15, -0.1) is 0 Å². The highest BCUT2D eigenvalue weighted by atomic mass is 19.1. The van der Waals surface area contributed by atoms with Crippen LogP contribution >= 0.6 is 0 Å². The maximum Gasteiger partial charge on any atom is 0.259 e. The van der Waals surface area contributed by atoms with E-state index < -0.39 is 12.5 Å². The number of piperidine rings is 1. The first-order valence-electron chi connectivity index (χ1n) is 43.0. The molecule has 3 aromatic heterocycles. The van der Waals surface area contributed by atoms with E-state index in [0.717, 1.165) is 124 Å². The van der Waals surface area contributed by atoms with Crippen molar-refractivity contribution in [2.45, 2.75) is 363 Å². The van der Waals surface area contributed by atoms with Crippen LogP contribution in [-0.2, 0) is 29.2 Å². The van der Waals surface area contributed by atoms with Gasteiger partial charge < -0.3 is 96.3 Å². The average molecular weight is 1590 g/mol. The lowest BCUT2D eigenvalue weighted by Crippen LogP contribution is -2.54. The summed E-state index contributed by atoms with van der Waals surface area (Å²) >= 11 is 0. The maximum absolute atomic E-state index is 12.7. The van der Waals surface area contributed by atoms with Gasteiger partial charge in [-0.25, -0.2) is 13.9 Å². The van der Waals surface area contributed by atoms with Crippen molar-refractivity contribution < 1.29 is 52.7 Å². The summed E-state index contributed by atoms with van der Waals surface area (Å²) in [5.74, 6) is 2.61. The van der Waals surface area contributed by atoms with Gasteiger partial charge in [0, 0.05) is 153 Å². The predicted octanol–water partition coefficient (Wildman–Crippen LogP) is 9.59. The van der Waals surface area contributed by atoms with Gasteiger partial charge in [0.1, 0.15) is 5.56 Å². The summed E-state index contributed by atoms with van der Waals surface area (Å²) in [6.07, 6.45) is 15.3. The maximum atomic E-state index is 12.7. The van der Waals surface area contributed by atoms with Crippen molar-refractivity contribution >= 4 is 11.6 Å². The zero-order valence-electron chi connectivity index (χ0n) is 74.0. The molecule has 1 spiro atoms. The zero-order valence-corrected chi connectivity index (χ0v) is 74.0. The zero-order chi connectivity index (χ0) is 83.3. The standard InChI is InChI=1S/C16H23N5O.C11H19N3O.C11H22N2O2.C11H23NO.C10H18N2.C9H20FNO.C9H19NO2.C8H17NO2/c1-12(2)19-16(3)5-9-20(10-6-16)15(22)13-11-18-21-8-4-7-17-14(13)21;1-7(2)13-11(4,9-5-6-9)10-12-8(3)15-14-10;1-9(2)12-10-7-15-8-11(10)13-3-5-14-6-4-13;1-8(2)12-10-5-4-9(3)11(13)7-6-10;1-7(2)12-9-6-11-8(3)10(9)4-5-10;1-7(2)11-9(4,5)6-12-8(3)10;1-5(2)10-7-4-8(11)6(3)9(7)12;1-7(2)9-8-5-10-3-4-11-6-8/h4,7-8,11-12,19H,5-6,9-10H2,1-3H3;7,9,13H,5-6H2,1-4H3;9-12H,3-8H2,1-2H3;8-13H,4-7H2,1-3H3;7,9,11-12H,3-6H2,1-2H3;7-8,11H,6H2,1-5H3;5-12H,4H2,1-3H3;7-9H,3-6H2,1-2H3/t;;;9-,10?,11+;;;;/m...0..../s1. The fourth-order valence-corrected chi connectivity index (χ4v) is 16.2. The minimum Gasteiger partial charge on any atom is -0.393 e. The lowest BCUT2D eigenvalue weighted by atomic mass is 9.88. The van der Waals surface area contributed by atoms with Gasteiger partial charge in [-0.1, -0.05) is 123 Å². The van der Waals surface area contributed by atoms with Crippen LogP contribution in [0.3, 0.4) is 0 Å². The lowest BCUT2D eigenvalue weighted by molar-refractivity contribution is -0.0478. The third-order valence-corrected chi connectivity index (χ3v) is 22.0. The van der Waals surface area contributed by atoms with Gasteiger partial charge in [0.2, 0.25) is 5.89 Å². The Labute approximate surface area is 675 Å². The third-order valence-electron chi connectivity index (χ3n) is 22.0. The summed E-state index contributed by atoms with van der Waals surface area (Å²) in [4.78, 5) is 25.8. The summed E-state index contributed by atoms with van der Waals surface area (Å²) in [6.45, 7) is 65.5. The van der Waals surface area contributed by atoms with Crippen LogP contribution in [0.25, 0.3) is 5.65 Å². The molecule has 5 saturated heterocycles. The molecule has 12 atom stereocenters. The minimum absolute atomic E-state index is 0.00116. The first-order chi connectivity index (χ1) is 52.7. The Balaban J connectivity index is 0.000000231. The number of nitrogens with one attached hydrogen (secondary N) is 9. The number of hydrogen-bond acceptors (Lipinski definition) is 24. The second-order valence-electron chi connectivity index (χ2n) is 36.6. The molecule has 5 aliphatic heterocycles. The van der Waals surface area contributed by atoms with Gasteiger partial charge in [-0.05, 0) is 137 Å². The quantitative estimate of drug-likeness (QED) is 0.0393. The van der Waals surface area contributed by atoms with E-state index in [4.69, 9.17) is 28.2 Å². The summed E-state index contributed by atoms with van der Waals surface area (Å²) in [5.41, 5.74) is 2.75. The molecule has 0 radical (unpaired) electrons. The first kappa shape index (κ1) is 98.6. The molecule has 26 nitrogen and oxygen atoms in total. The van der Waals surface area contributed by atoms with Crippen molar-refractivity contribution in [1.82, 2.24) is 82.4 Å². The number of aliphatic hydroxyl groups is 3. The minimum atomic E-state index is -1.18. The highest BCUT2D eigenvalue weighted by Gasteiger charge is 2.55. The topological polar surface area (TPSA) is 308 Å². The second-order valence-corrected chi connectivity index (χ2v) is 36.6. The Morgan fingerprint density at radius 2 is 1.26 bits per heavy atom. The number of aromatic nitrogens is 5. The predicted molar refractivity (Wildman–Crippen MR) is 448 cm³/mol. The molecule has 4 aliphatic carbocycles. The fraction of sp³-hybridized carbons (Fsp3) is 0.871. The number of hydrogen-bond donors (Lipinski definition) is 12. The average Bonchev–Trinajstić information content (AvgIpc) is 1.59. The lowest BCUT2D eigenvalue weighted by Gasteiger charge is -2.41. The summed E-state index contributed by atoms with van der Waals surface area (Å²) in [6, 6.07) is 8.34. The van der Waals surface area contributed by atoms with Gasteiger partial charge in [-0.3, -0.25) is 9.69 Å². The number of alkyl halides is 1. The molecule has 12 N–H and O–H groups in total. The van der Waals surface area contributed by atoms with Crippen LogP contribution < -0.4 is 47.9 Å². The Morgan fingerprint density at radius 3 is 1.78 bits per heavy atom. The van der Waals surface area contributed by atoms with Gasteiger partial charge >= 0.3 is 0 Å². The molecule has 0 bridgehead atoms. The number of nitrogens with zero attached hydrogens (tertiary/aromatic N) is 7.